The maximum absolute atomic E-state index is 9.61. The van der Waals surface area contributed by atoms with Crippen molar-refractivity contribution in [3.63, 3.8) is 0 Å². The molecule has 78 valence electrons. The van der Waals surface area contributed by atoms with E-state index in [1.54, 1.807) is 0 Å². The van der Waals surface area contributed by atoms with Gasteiger partial charge in [0.25, 0.3) is 0 Å². The zero-order valence-electron chi connectivity index (χ0n) is 9.54. The highest BCUT2D eigenvalue weighted by Gasteiger charge is 2.24. The summed E-state index contributed by atoms with van der Waals surface area (Å²) in [6, 6.07) is 8.48. The summed E-state index contributed by atoms with van der Waals surface area (Å²) in [6.07, 6.45) is 0.648. The summed E-state index contributed by atoms with van der Waals surface area (Å²) >= 11 is 0. The van der Waals surface area contributed by atoms with Gasteiger partial charge in [0.15, 0.2) is 0 Å². The van der Waals surface area contributed by atoms with Crippen LogP contribution in [0.2, 0.25) is 0 Å². The third-order valence-electron chi connectivity index (χ3n) is 2.87. The van der Waals surface area contributed by atoms with Crippen molar-refractivity contribution in [2.45, 2.75) is 40.2 Å². The molecule has 14 heavy (non-hydrogen) atoms. The third kappa shape index (κ3) is 2.85. The van der Waals surface area contributed by atoms with Crippen LogP contribution in [0.1, 0.15) is 31.9 Å². The molecule has 0 fully saturated rings. The first kappa shape index (κ1) is 11.3. The zero-order valence-corrected chi connectivity index (χ0v) is 9.54. The molecule has 0 aromatic heterocycles. The molecule has 0 spiro atoms. The van der Waals surface area contributed by atoms with Crippen LogP contribution in [0.4, 0.5) is 0 Å². The van der Waals surface area contributed by atoms with Crippen molar-refractivity contribution in [2.24, 2.45) is 5.41 Å². The van der Waals surface area contributed by atoms with Crippen LogP contribution in [0.5, 0.6) is 0 Å². The minimum Gasteiger partial charge on any atom is -0.393 e. The average molecular weight is 192 g/mol. The molecule has 1 aromatic carbocycles. The molecule has 1 aromatic rings. The first-order chi connectivity index (χ1) is 6.42. The zero-order chi connectivity index (χ0) is 10.8. The molecule has 1 N–H and O–H groups in total. The lowest BCUT2D eigenvalue weighted by Crippen LogP contribution is -2.28. The highest BCUT2D eigenvalue weighted by Crippen LogP contribution is 2.26. The molecule has 0 radical (unpaired) electrons. The first-order valence-corrected chi connectivity index (χ1v) is 5.15. The molecule has 0 amide bonds. The Morgan fingerprint density at radius 2 is 2.00 bits per heavy atom. The molecule has 1 unspecified atom stereocenters. The van der Waals surface area contributed by atoms with Gasteiger partial charge >= 0.3 is 0 Å². The Morgan fingerprint density at radius 3 is 2.50 bits per heavy atom. The molecule has 0 heterocycles. The number of hydrogen-bond donors (Lipinski definition) is 1. The number of aliphatic hydroxyl groups is 1. The second-order valence-electron chi connectivity index (χ2n) is 4.83. The van der Waals surface area contributed by atoms with E-state index >= 15 is 0 Å². The maximum atomic E-state index is 9.61. The Balaban J connectivity index is 2.78. The normalized spacial score (nSPS) is 14.1. The number of rotatable bonds is 3. The molecule has 1 nitrogen and oxygen atoms in total. The van der Waals surface area contributed by atoms with Crippen LogP contribution in [-0.2, 0) is 6.42 Å². The summed E-state index contributed by atoms with van der Waals surface area (Å²) < 4.78 is 0. The molecule has 1 heteroatoms. The minimum atomic E-state index is -0.275. The Kier molecular flexibility index (Phi) is 3.33. The fourth-order valence-corrected chi connectivity index (χ4v) is 1.50. The van der Waals surface area contributed by atoms with Gasteiger partial charge in [0.2, 0.25) is 0 Å². The smallest absolute Gasteiger partial charge is 0.0566 e. The largest absolute Gasteiger partial charge is 0.393 e. The van der Waals surface area contributed by atoms with Crippen molar-refractivity contribution < 1.29 is 5.11 Å². The summed E-state index contributed by atoms with van der Waals surface area (Å²) in [5.41, 5.74) is 2.54. The molecule has 0 bridgehead atoms. The summed E-state index contributed by atoms with van der Waals surface area (Å²) in [7, 11) is 0. The molecular weight excluding hydrogens is 172 g/mol. The van der Waals surface area contributed by atoms with Crippen LogP contribution in [0.25, 0.3) is 0 Å². The van der Waals surface area contributed by atoms with E-state index in [9.17, 15) is 5.11 Å². The topological polar surface area (TPSA) is 20.2 Å². The van der Waals surface area contributed by atoms with E-state index in [1.165, 1.54) is 11.1 Å². The quantitative estimate of drug-likeness (QED) is 0.780. The van der Waals surface area contributed by atoms with Gasteiger partial charge in [-0.15, -0.1) is 0 Å². The van der Waals surface area contributed by atoms with Crippen LogP contribution in [0.3, 0.4) is 0 Å². The van der Waals surface area contributed by atoms with Crippen LogP contribution >= 0.6 is 0 Å². The molecule has 0 saturated carbocycles. The SMILES string of the molecule is Cc1cccc(CC(C)(C)C(C)O)c1. The van der Waals surface area contributed by atoms with Crippen molar-refractivity contribution in [1.82, 2.24) is 0 Å². The van der Waals surface area contributed by atoms with Crippen molar-refractivity contribution in [1.29, 1.82) is 0 Å². The second-order valence-corrected chi connectivity index (χ2v) is 4.83. The molecule has 0 saturated heterocycles. The monoisotopic (exact) mass is 192 g/mol. The fraction of sp³-hybridized carbons (Fsp3) is 0.538. The van der Waals surface area contributed by atoms with Gasteiger partial charge in [-0.3, -0.25) is 0 Å². The Hall–Kier alpha value is -0.820. The summed E-state index contributed by atoms with van der Waals surface area (Å²) in [4.78, 5) is 0. The minimum absolute atomic E-state index is 0.0478. The average Bonchev–Trinajstić information content (AvgIpc) is 2.02. The van der Waals surface area contributed by atoms with Gasteiger partial charge in [-0.25, -0.2) is 0 Å². The molecule has 1 rings (SSSR count). The standard InChI is InChI=1S/C13H20O/c1-10-6-5-7-12(8-10)9-13(3,4)11(2)14/h5-8,11,14H,9H2,1-4H3. The number of aryl methyl sites for hydroxylation is 1. The predicted octanol–water partition coefficient (Wildman–Crippen LogP) is 2.94. The van der Waals surface area contributed by atoms with E-state index in [0.717, 1.165) is 6.42 Å². The summed E-state index contributed by atoms with van der Waals surface area (Å²) in [5.74, 6) is 0. The Morgan fingerprint density at radius 1 is 1.36 bits per heavy atom. The molecule has 0 aliphatic rings. The van der Waals surface area contributed by atoms with E-state index in [2.05, 4.69) is 45.0 Å². The predicted molar refractivity (Wildman–Crippen MR) is 60.3 cm³/mol. The lowest BCUT2D eigenvalue weighted by Gasteiger charge is -2.28. The lowest BCUT2D eigenvalue weighted by molar-refractivity contribution is 0.0665. The Labute approximate surface area is 86.8 Å². The number of hydrogen-bond acceptors (Lipinski definition) is 1. The van der Waals surface area contributed by atoms with Gasteiger partial charge in [-0.1, -0.05) is 43.7 Å². The van der Waals surface area contributed by atoms with Crippen LogP contribution in [-0.4, -0.2) is 11.2 Å². The van der Waals surface area contributed by atoms with Crippen LogP contribution in [0, 0.1) is 12.3 Å². The number of aliphatic hydroxyl groups excluding tert-OH is 1. The van der Waals surface area contributed by atoms with Gasteiger partial charge < -0.3 is 5.11 Å². The van der Waals surface area contributed by atoms with Gasteiger partial charge in [0.05, 0.1) is 6.10 Å². The van der Waals surface area contributed by atoms with Crippen molar-refractivity contribution in [3.8, 4) is 0 Å². The van der Waals surface area contributed by atoms with E-state index in [1.807, 2.05) is 6.92 Å². The highest BCUT2D eigenvalue weighted by atomic mass is 16.3. The van der Waals surface area contributed by atoms with Gasteiger partial charge in [-0.05, 0) is 31.2 Å². The summed E-state index contributed by atoms with van der Waals surface area (Å²) in [5, 5.41) is 9.61. The third-order valence-corrected chi connectivity index (χ3v) is 2.87. The van der Waals surface area contributed by atoms with Gasteiger partial charge in [0.1, 0.15) is 0 Å². The fourth-order valence-electron chi connectivity index (χ4n) is 1.50. The lowest BCUT2D eigenvalue weighted by atomic mass is 9.81. The van der Waals surface area contributed by atoms with Gasteiger partial charge in [0, 0.05) is 0 Å². The van der Waals surface area contributed by atoms with Crippen molar-refractivity contribution in [3.05, 3.63) is 35.4 Å². The highest BCUT2D eigenvalue weighted by molar-refractivity contribution is 5.23. The molecular formula is C13H20O. The van der Waals surface area contributed by atoms with E-state index in [0.29, 0.717) is 0 Å². The molecule has 0 aliphatic carbocycles. The van der Waals surface area contributed by atoms with Crippen LogP contribution < -0.4 is 0 Å². The summed E-state index contributed by atoms with van der Waals surface area (Å²) in [6.45, 7) is 8.15. The first-order valence-electron chi connectivity index (χ1n) is 5.15. The van der Waals surface area contributed by atoms with E-state index in [4.69, 9.17) is 0 Å². The van der Waals surface area contributed by atoms with Crippen molar-refractivity contribution in [2.75, 3.05) is 0 Å². The van der Waals surface area contributed by atoms with Gasteiger partial charge in [-0.2, -0.15) is 0 Å². The van der Waals surface area contributed by atoms with E-state index < -0.39 is 0 Å². The van der Waals surface area contributed by atoms with Crippen molar-refractivity contribution >= 4 is 0 Å². The van der Waals surface area contributed by atoms with Crippen LogP contribution in [0.15, 0.2) is 24.3 Å². The van der Waals surface area contributed by atoms with E-state index in [-0.39, 0.29) is 11.5 Å². The maximum Gasteiger partial charge on any atom is 0.0566 e. The Bertz CT molecular complexity index is 300. The number of benzene rings is 1. The second kappa shape index (κ2) is 4.14. The molecule has 0 aliphatic heterocycles. The molecule has 1 atom stereocenters.